The molecule has 27 heavy (non-hydrogen) atoms. The van der Waals surface area contributed by atoms with Gasteiger partial charge in [-0.3, -0.25) is 4.79 Å². The van der Waals surface area contributed by atoms with Gasteiger partial charge < -0.3 is 24.6 Å². The second-order valence-electron chi connectivity index (χ2n) is 6.43. The first-order valence-corrected chi connectivity index (χ1v) is 8.76. The van der Waals surface area contributed by atoms with E-state index in [-0.39, 0.29) is 30.3 Å². The highest BCUT2D eigenvalue weighted by atomic mass is 16.5. The van der Waals surface area contributed by atoms with E-state index in [4.69, 9.17) is 14.2 Å². The Bertz CT molecular complexity index is 783. The van der Waals surface area contributed by atoms with Crippen LogP contribution in [-0.2, 0) is 0 Å². The van der Waals surface area contributed by atoms with Crippen LogP contribution >= 0.6 is 0 Å². The van der Waals surface area contributed by atoms with Crippen molar-refractivity contribution >= 4 is 5.91 Å². The van der Waals surface area contributed by atoms with E-state index in [1.54, 1.807) is 24.3 Å². The lowest BCUT2D eigenvalue weighted by atomic mass is 9.98. The third-order valence-corrected chi connectivity index (χ3v) is 4.65. The van der Waals surface area contributed by atoms with E-state index in [9.17, 15) is 9.90 Å². The summed E-state index contributed by atoms with van der Waals surface area (Å²) < 4.78 is 16.0. The number of aromatic nitrogens is 2. The van der Waals surface area contributed by atoms with Crippen LogP contribution in [0.5, 0.6) is 23.5 Å². The van der Waals surface area contributed by atoms with Crippen molar-refractivity contribution in [2.75, 3.05) is 20.8 Å². The molecule has 1 amide bonds. The van der Waals surface area contributed by atoms with Crippen molar-refractivity contribution in [3.63, 3.8) is 0 Å². The molecular formula is C19H23N3O5. The van der Waals surface area contributed by atoms with Crippen LogP contribution in [0.1, 0.15) is 36.0 Å². The highest BCUT2D eigenvalue weighted by Crippen LogP contribution is 2.31. The summed E-state index contributed by atoms with van der Waals surface area (Å²) in [4.78, 5) is 21.1. The normalized spacial score (nSPS) is 15.2. The molecule has 1 aliphatic carbocycles. The van der Waals surface area contributed by atoms with Gasteiger partial charge in [-0.05, 0) is 25.0 Å². The van der Waals surface area contributed by atoms with Crippen LogP contribution in [0.2, 0.25) is 0 Å². The molecule has 0 atom stereocenters. The SMILES string of the molecule is COc1cc(OC)nc(Oc2ccccc2C(=O)NC2(CO)CCCC2)n1. The Morgan fingerprint density at radius 1 is 1.15 bits per heavy atom. The summed E-state index contributed by atoms with van der Waals surface area (Å²) in [5, 5.41) is 12.7. The number of nitrogens with zero attached hydrogens (tertiary/aromatic N) is 2. The minimum Gasteiger partial charge on any atom is -0.481 e. The smallest absolute Gasteiger partial charge is 0.328 e. The predicted molar refractivity (Wildman–Crippen MR) is 97.4 cm³/mol. The summed E-state index contributed by atoms with van der Waals surface area (Å²) in [7, 11) is 2.95. The topological polar surface area (TPSA) is 103 Å². The highest BCUT2D eigenvalue weighted by molar-refractivity contribution is 5.97. The maximum absolute atomic E-state index is 12.8. The first kappa shape index (κ1) is 18.9. The van der Waals surface area contributed by atoms with Gasteiger partial charge in [0.05, 0.1) is 38.0 Å². The molecule has 0 radical (unpaired) electrons. The number of hydrogen-bond acceptors (Lipinski definition) is 7. The molecule has 0 bridgehead atoms. The Morgan fingerprint density at radius 3 is 2.37 bits per heavy atom. The monoisotopic (exact) mass is 373 g/mol. The first-order chi connectivity index (χ1) is 13.1. The number of nitrogens with one attached hydrogen (secondary N) is 1. The molecule has 0 spiro atoms. The largest absolute Gasteiger partial charge is 0.481 e. The summed E-state index contributed by atoms with van der Waals surface area (Å²) in [6, 6.07) is 8.34. The fourth-order valence-corrected chi connectivity index (χ4v) is 3.16. The van der Waals surface area contributed by atoms with Crippen LogP contribution < -0.4 is 19.5 Å². The number of carbonyl (C=O) groups excluding carboxylic acids is 1. The fourth-order valence-electron chi connectivity index (χ4n) is 3.16. The van der Waals surface area contributed by atoms with Gasteiger partial charge in [0.25, 0.3) is 5.91 Å². The van der Waals surface area contributed by atoms with Gasteiger partial charge in [0, 0.05) is 0 Å². The number of aliphatic hydroxyl groups is 1. The van der Waals surface area contributed by atoms with E-state index in [2.05, 4.69) is 15.3 Å². The molecule has 1 aromatic carbocycles. The molecule has 144 valence electrons. The van der Waals surface area contributed by atoms with E-state index in [1.807, 2.05) is 0 Å². The minimum absolute atomic E-state index is 0.00388. The molecule has 3 rings (SSSR count). The maximum Gasteiger partial charge on any atom is 0.328 e. The van der Waals surface area contributed by atoms with Gasteiger partial charge >= 0.3 is 6.01 Å². The predicted octanol–water partition coefficient (Wildman–Crippen LogP) is 2.32. The van der Waals surface area contributed by atoms with Crippen molar-refractivity contribution in [1.29, 1.82) is 0 Å². The zero-order valence-electron chi connectivity index (χ0n) is 15.4. The van der Waals surface area contributed by atoms with E-state index in [1.165, 1.54) is 20.3 Å². The van der Waals surface area contributed by atoms with Crippen LogP contribution in [-0.4, -0.2) is 47.3 Å². The lowest BCUT2D eigenvalue weighted by Gasteiger charge is -2.28. The molecule has 8 heteroatoms. The van der Waals surface area contributed by atoms with Gasteiger partial charge in [0.1, 0.15) is 5.75 Å². The lowest BCUT2D eigenvalue weighted by molar-refractivity contribution is 0.0836. The van der Waals surface area contributed by atoms with E-state index in [0.717, 1.165) is 25.7 Å². The van der Waals surface area contributed by atoms with Crippen LogP contribution in [0.3, 0.4) is 0 Å². The van der Waals surface area contributed by atoms with Crippen molar-refractivity contribution in [3.8, 4) is 23.5 Å². The number of aliphatic hydroxyl groups excluding tert-OH is 1. The van der Waals surface area contributed by atoms with Crippen molar-refractivity contribution in [3.05, 3.63) is 35.9 Å². The standard InChI is InChI=1S/C19H23N3O5/c1-25-15-11-16(26-2)21-18(20-15)27-14-8-4-3-7-13(14)17(24)22-19(12-23)9-5-6-10-19/h3-4,7-8,11,23H,5-6,9-10,12H2,1-2H3,(H,22,24). The molecule has 2 aromatic rings. The maximum atomic E-state index is 12.8. The summed E-state index contributed by atoms with van der Waals surface area (Å²) in [6.45, 7) is -0.0854. The summed E-state index contributed by atoms with van der Waals surface area (Å²) in [5.41, 5.74) is -0.234. The van der Waals surface area contributed by atoms with Gasteiger partial charge in [-0.1, -0.05) is 25.0 Å². The molecule has 0 saturated heterocycles. The molecular weight excluding hydrogens is 350 g/mol. The number of benzene rings is 1. The lowest BCUT2D eigenvalue weighted by Crippen LogP contribution is -2.49. The molecule has 1 aliphatic rings. The molecule has 1 aromatic heterocycles. The van der Waals surface area contributed by atoms with Crippen molar-refractivity contribution in [1.82, 2.24) is 15.3 Å². The van der Waals surface area contributed by atoms with Crippen molar-refractivity contribution in [2.45, 2.75) is 31.2 Å². The zero-order chi connectivity index (χ0) is 19.3. The summed E-state index contributed by atoms with van der Waals surface area (Å²) in [6.07, 6.45) is 3.48. The number of hydrogen-bond donors (Lipinski definition) is 2. The average Bonchev–Trinajstić information content (AvgIpc) is 3.17. The number of rotatable bonds is 7. The van der Waals surface area contributed by atoms with Crippen LogP contribution in [0.4, 0.5) is 0 Å². The number of amides is 1. The molecule has 1 heterocycles. The van der Waals surface area contributed by atoms with Gasteiger partial charge in [0.2, 0.25) is 11.8 Å². The van der Waals surface area contributed by atoms with E-state index >= 15 is 0 Å². The third-order valence-electron chi connectivity index (χ3n) is 4.65. The minimum atomic E-state index is -0.570. The molecule has 2 N–H and O–H groups in total. The van der Waals surface area contributed by atoms with Gasteiger partial charge in [0.15, 0.2) is 0 Å². The summed E-state index contributed by atoms with van der Waals surface area (Å²) >= 11 is 0. The second-order valence-corrected chi connectivity index (χ2v) is 6.43. The molecule has 0 unspecified atom stereocenters. The Balaban J connectivity index is 1.85. The number of ether oxygens (including phenoxy) is 3. The Morgan fingerprint density at radius 2 is 1.78 bits per heavy atom. The Hall–Kier alpha value is -2.87. The van der Waals surface area contributed by atoms with E-state index < -0.39 is 5.54 Å². The molecule has 8 nitrogen and oxygen atoms in total. The number of methoxy groups -OCH3 is 2. The quantitative estimate of drug-likeness (QED) is 0.768. The van der Waals surface area contributed by atoms with Gasteiger partial charge in [-0.2, -0.15) is 9.97 Å². The van der Waals surface area contributed by atoms with Gasteiger partial charge in [-0.25, -0.2) is 0 Å². The first-order valence-electron chi connectivity index (χ1n) is 8.76. The average molecular weight is 373 g/mol. The molecule has 1 fully saturated rings. The Labute approximate surface area is 157 Å². The van der Waals surface area contributed by atoms with Crippen LogP contribution in [0, 0.1) is 0 Å². The van der Waals surface area contributed by atoms with Crippen molar-refractivity contribution in [2.24, 2.45) is 0 Å². The summed E-state index contributed by atoms with van der Waals surface area (Å²) in [5.74, 6) is 0.556. The molecule has 1 saturated carbocycles. The van der Waals surface area contributed by atoms with Crippen LogP contribution in [0.15, 0.2) is 30.3 Å². The fraction of sp³-hybridized carbons (Fsp3) is 0.421. The molecule has 0 aliphatic heterocycles. The zero-order valence-corrected chi connectivity index (χ0v) is 15.4. The second kappa shape index (κ2) is 8.22. The number of para-hydroxylation sites is 1. The van der Waals surface area contributed by atoms with Gasteiger partial charge in [-0.15, -0.1) is 0 Å². The Kier molecular flexibility index (Phi) is 5.75. The number of carbonyl (C=O) groups is 1. The highest BCUT2D eigenvalue weighted by Gasteiger charge is 2.35. The third kappa shape index (κ3) is 4.28. The van der Waals surface area contributed by atoms with E-state index in [0.29, 0.717) is 11.3 Å². The van der Waals surface area contributed by atoms with Crippen LogP contribution in [0.25, 0.3) is 0 Å². The van der Waals surface area contributed by atoms with Crippen molar-refractivity contribution < 1.29 is 24.1 Å².